The van der Waals surface area contributed by atoms with Gasteiger partial charge in [0.2, 0.25) is 5.90 Å². The van der Waals surface area contributed by atoms with Gasteiger partial charge in [-0.15, -0.1) is 0 Å². The second-order valence-electron chi connectivity index (χ2n) is 7.23. The number of carbonyl (C=O) groups is 1. The van der Waals surface area contributed by atoms with Crippen LogP contribution in [0.4, 0.5) is 24.5 Å². The summed E-state index contributed by atoms with van der Waals surface area (Å²) < 4.78 is 49.8. The van der Waals surface area contributed by atoms with Crippen molar-refractivity contribution in [3.8, 4) is 11.5 Å². The van der Waals surface area contributed by atoms with Crippen molar-refractivity contribution in [3.63, 3.8) is 0 Å². The lowest BCUT2D eigenvalue weighted by atomic mass is 10.1. The standard InChI is InChI=1S/C23H12F3N3O7/c24-23(25,26)15-11-18(28(31)32)20(19(12-15)29(33)34)35-16-8-4-5-13(9-16)10-17-22(30)36-21(27-17)14-6-2-1-3-7-14/h1-12H. The van der Waals surface area contributed by atoms with Gasteiger partial charge in [-0.2, -0.15) is 13.2 Å². The van der Waals surface area contributed by atoms with E-state index in [2.05, 4.69) is 4.99 Å². The molecule has 0 saturated carbocycles. The molecule has 1 heterocycles. The predicted molar refractivity (Wildman–Crippen MR) is 118 cm³/mol. The molecule has 0 bridgehead atoms. The first-order chi connectivity index (χ1) is 17.0. The van der Waals surface area contributed by atoms with E-state index < -0.39 is 44.7 Å². The SMILES string of the molecule is O=C1OC(c2ccccc2)=NC1=Cc1cccc(Oc2c([N+](=O)[O-])cc(C(F)(F)F)cc2[N+](=O)[O-])c1. The van der Waals surface area contributed by atoms with E-state index in [0.717, 1.165) is 0 Å². The molecule has 3 aromatic carbocycles. The number of alkyl halides is 3. The third kappa shape index (κ3) is 5.04. The quantitative estimate of drug-likeness (QED) is 0.185. The van der Waals surface area contributed by atoms with Gasteiger partial charge in [0.1, 0.15) is 5.75 Å². The first-order valence-corrected chi connectivity index (χ1v) is 9.93. The highest BCUT2D eigenvalue weighted by Crippen LogP contribution is 2.44. The molecule has 0 aromatic heterocycles. The van der Waals surface area contributed by atoms with Gasteiger partial charge < -0.3 is 9.47 Å². The van der Waals surface area contributed by atoms with Gasteiger partial charge in [0.05, 0.1) is 15.4 Å². The zero-order chi connectivity index (χ0) is 26.0. The number of aliphatic imine (C=N–C) groups is 1. The molecule has 1 aliphatic rings. The predicted octanol–water partition coefficient (Wildman–Crippen LogP) is 5.66. The van der Waals surface area contributed by atoms with E-state index in [0.29, 0.717) is 11.1 Å². The average Bonchev–Trinajstić information content (AvgIpc) is 3.19. The topological polar surface area (TPSA) is 134 Å². The van der Waals surface area contributed by atoms with Crippen LogP contribution in [0.5, 0.6) is 11.5 Å². The Morgan fingerprint density at radius 1 is 0.917 bits per heavy atom. The third-order valence-corrected chi connectivity index (χ3v) is 4.79. The van der Waals surface area contributed by atoms with Crippen molar-refractivity contribution in [1.29, 1.82) is 0 Å². The van der Waals surface area contributed by atoms with E-state index in [4.69, 9.17) is 9.47 Å². The summed E-state index contributed by atoms with van der Waals surface area (Å²) in [5, 5.41) is 22.8. The Kier molecular flexibility index (Phi) is 6.21. The lowest BCUT2D eigenvalue weighted by Crippen LogP contribution is -2.08. The van der Waals surface area contributed by atoms with Crippen LogP contribution >= 0.6 is 0 Å². The van der Waals surface area contributed by atoms with Gasteiger partial charge in [-0.25, -0.2) is 9.79 Å². The number of nitrogens with zero attached hydrogens (tertiary/aromatic N) is 3. The molecule has 0 amide bonds. The van der Waals surface area contributed by atoms with E-state index in [1.54, 1.807) is 30.3 Å². The largest absolute Gasteiger partial charge is 0.444 e. The highest BCUT2D eigenvalue weighted by atomic mass is 19.4. The van der Waals surface area contributed by atoms with Gasteiger partial charge in [-0.3, -0.25) is 20.2 Å². The fraction of sp³-hybridized carbons (Fsp3) is 0.0435. The maximum atomic E-state index is 13.1. The summed E-state index contributed by atoms with van der Waals surface area (Å²) in [4.78, 5) is 36.7. The minimum Gasteiger partial charge on any atom is -0.444 e. The molecular formula is C23H12F3N3O7. The van der Waals surface area contributed by atoms with Crippen molar-refractivity contribution in [3.05, 3.63) is 109 Å². The Morgan fingerprint density at radius 3 is 2.14 bits per heavy atom. The summed E-state index contributed by atoms with van der Waals surface area (Å²) in [6.07, 6.45) is -3.74. The van der Waals surface area contributed by atoms with Crippen LogP contribution in [-0.4, -0.2) is 21.7 Å². The van der Waals surface area contributed by atoms with Gasteiger partial charge in [0.25, 0.3) is 5.75 Å². The summed E-state index contributed by atoms with van der Waals surface area (Å²) in [5.74, 6) is -1.81. The highest BCUT2D eigenvalue weighted by molar-refractivity contribution is 6.12. The number of rotatable bonds is 6. The van der Waals surface area contributed by atoms with Gasteiger partial charge in [0.15, 0.2) is 5.70 Å². The summed E-state index contributed by atoms with van der Waals surface area (Å²) in [5.41, 5.74) is -3.26. The van der Waals surface area contributed by atoms with E-state index in [1.807, 2.05) is 0 Å². The number of ether oxygens (including phenoxy) is 2. The van der Waals surface area contributed by atoms with E-state index in [9.17, 15) is 38.2 Å². The number of cyclic esters (lactones) is 1. The molecule has 182 valence electrons. The molecule has 0 N–H and O–H groups in total. The zero-order valence-corrected chi connectivity index (χ0v) is 17.8. The van der Waals surface area contributed by atoms with Crippen molar-refractivity contribution in [1.82, 2.24) is 0 Å². The smallest absolute Gasteiger partial charge is 0.416 e. The summed E-state index contributed by atoms with van der Waals surface area (Å²) >= 11 is 0. The molecule has 0 aliphatic carbocycles. The average molecular weight is 499 g/mol. The number of halogens is 3. The normalized spacial score (nSPS) is 14.4. The minimum atomic E-state index is -5.06. The van der Waals surface area contributed by atoms with Crippen LogP contribution in [-0.2, 0) is 15.7 Å². The number of hydrogen-bond acceptors (Lipinski definition) is 8. The first kappa shape index (κ1) is 24.1. The van der Waals surface area contributed by atoms with E-state index in [-0.39, 0.29) is 29.5 Å². The Labute approximate surface area is 199 Å². The van der Waals surface area contributed by atoms with Gasteiger partial charge >= 0.3 is 23.5 Å². The number of hydrogen-bond donors (Lipinski definition) is 0. The number of nitro benzene ring substituents is 2. The number of nitro groups is 2. The number of carbonyl (C=O) groups excluding carboxylic acids is 1. The van der Waals surface area contributed by atoms with E-state index >= 15 is 0 Å². The second-order valence-corrected chi connectivity index (χ2v) is 7.23. The minimum absolute atomic E-state index is 0.0718. The maximum absolute atomic E-state index is 13.1. The van der Waals surface area contributed by atoms with Crippen LogP contribution in [0.2, 0.25) is 0 Å². The molecule has 10 nitrogen and oxygen atoms in total. The van der Waals surface area contributed by atoms with E-state index in [1.165, 1.54) is 30.3 Å². The molecule has 0 saturated heterocycles. The Morgan fingerprint density at radius 2 is 1.56 bits per heavy atom. The third-order valence-electron chi connectivity index (χ3n) is 4.79. The van der Waals surface area contributed by atoms with Crippen LogP contribution < -0.4 is 4.74 Å². The molecule has 4 rings (SSSR count). The first-order valence-electron chi connectivity index (χ1n) is 9.93. The number of esters is 1. The zero-order valence-electron chi connectivity index (χ0n) is 17.8. The van der Waals surface area contributed by atoms with Crippen LogP contribution in [0.15, 0.2) is 77.4 Å². The monoisotopic (exact) mass is 499 g/mol. The van der Waals surface area contributed by atoms with Gasteiger partial charge in [-0.05, 0) is 35.9 Å². The maximum Gasteiger partial charge on any atom is 0.416 e. The van der Waals surface area contributed by atoms with Gasteiger partial charge in [0, 0.05) is 17.7 Å². The van der Waals surface area contributed by atoms with Crippen molar-refractivity contribution in [2.75, 3.05) is 0 Å². The summed E-state index contributed by atoms with van der Waals surface area (Å²) in [6, 6.07) is 14.4. The molecule has 13 heteroatoms. The lowest BCUT2D eigenvalue weighted by molar-refractivity contribution is -0.396. The molecule has 0 fully saturated rings. The van der Waals surface area contributed by atoms with Crippen molar-refractivity contribution >= 4 is 29.3 Å². The Hall–Kier alpha value is -5.07. The molecule has 3 aromatic rings. The molecule has 36 heavy (non-hydrogen) atoms. The molecule has 0 radical (unpaired) electrons. The Bertz CT molecular complexity index is 1420. The summed E-state index contributed by atoms with van der Waals surface area (Å²) in [7, 11) is 0. The van der Waals surface area contributed by atoms with Crippen LogP contribution in [0.25, 0.3) is 6.08 Å². The molecular weight excluding hydrogens is 487 g/mol. The van der Waals surface area contributed by atoms with Crippen LogP contribution in [0, 0.1) is 20.2 Å². The Balaban J connectivity index is 1.71. The van der Waals surface area contributed by atoms with Crippen molar-refractivity contribution in [2.45, 2.75) is 6.18 Å². The fourth-order valence-electron chi connectivity index (χ4n) is 3.19. The number of benzene rings is 3. The molecule has 0 unspecified atom stereocenters. The lowest BCUT2D eigenvalue weighted by Gasteiger charge is -2.11. The molecule has 1 aliphatic heterocycles. The van der Waals surface area contributed by atoms with Crippen molar-refractivity contribution in [2.24, 2.45) is 4.99 Å². The summed E-state index contributed by atoms with van der Waals surface area (Å²) in [6.45, 7) is 0. The van der Waals surface area contributed by atoms with Crippen LogP contribution in [0.3, 0.4) is 0 Å². The fourth-order valence-corrected chi connectivity index (χ4v) is 3.19. The molecule has 0 atom stereocenters. The van der Waals surface area contributed by atoms with Crippen LogP contribution in [0.1, 0.15) is 16.7 Å². The molecule has 0 spiro atoms. The van der Waals surface area contributed by atoms with Crippen molar-refractivity contribution < 1.29 is 37.3 Å². The van der Waals surface area contributed by atoms with Gasteiger partial charge in [-0.1, -0.05) is 30.3 Å². The highest BCUT2D eigenvalue weighted by Gasteiger charge is 2.38. The second kappa shape index (κ2) is 9.29.